The number of anilines is 1. The van der Waals surface area contributed by atoms with Gasteiger partial charge in [-0.3, -0.25) is 4.79 Å². The van der Waals surface area contributed by atoms with E-state index < -0.39 is 0 Å². The van der Waals surface area contributed by atoms with Gasteiger partial charge in [0, 0.05) is 12.1 Å². The Balaban J connectivity index is 1.99. The lowest BCUT2D eigenvalue weighted by Crippen LogP contribution is -2.31. The molecule has 0 radical (unpaired) electrons. The number of nitrogens with zero attached hydrogens (tertiary/aromatic N) is 1. The van der Waals surface area contributed by atoms with Crippen molar-refractivity contribution >= 4 is 27.5 Å². The van der Waals surface area contributed by atoms with E-state index in [1.807, 2.05) is 24.3 Å². The molecule has 1 aliphatic rings. The van der Waals surface area contributed by atoms with Crippen molar-refractivity contribution in [2.75, 3.05) is 18.1 Å². The summed E-state index contributed by atoms with van der Waals surface area (Å²) < 4.78 is 6.22. The number of benzene rings is 2. The van der Waals surface area contributed by atoms with Gasteiger partial charge < -0.3 is 14.7 Å². The molecule has 1 aliphatic heterocycles. The lowest BCUT2D eigenvalue weighted by atomic mass is 10.1. The standard InChI is InChI=1S/C16H14BrNO3/c17-12-7-6-11(10-14(12)19)16(20)18-8-3-9-21-15-5-2-1-4-13(15)18/h1-2,4-7,10,19H,3,8-9H2. The molecule has 0 bridgehead atoms. The number of phenolic OH excluding ortho intramolecular Hbond substituents is 1. The fourth-order valence-corrected chi connectivity index (χ4v) is 2.59. The molecule has 1 amide bonds. The Labute approximate surface area is 131 Å². The Morgan fingerprint density at radius 1 is 1.24 bits per heavy atom. The number of hydrogen-bond acceptors (Lipinski definition) is 3. The van der Waals surface area contributed by atoms with E-state index in [0.717, 1.165) is 12.1 Å². The zero-order valence-electron chi connectivity index (χ0n) is 11.3. The van der Waals surface area contributed by atoms with Gasteiger partial charge in [-0.25, -0.2) is 0 Å². The van der Waals surface area contributed by atoms with Gasteiger partial charge in [0.2, 0.25) is 0 Å². The lowest BCUT2D eigenvalue weighted by molar-refractivity contribution is 0.0987. The molecule has 21 heavy (non-hydrogen) atoms. The lowest BCUT2D eigenvalue weighted by Gasteiger charge is -2.21. The summed E-state index contributed by atoms with van der Waals surface area (Å²) >= 11 is 3.22. The van der Waals surface area contributed by atoms with Crippen molar-refractivity contribution in [1.29, 1.82) is 0 Å². The van der Waals surface area contributed by atoms with E-state index in [2.05, 4.69) is 15.9 Å². The molecule has 0 aromatic heterocycles. The van der Waals surface area contributed by atoms with Crippen molar-refractivity contribution in [3.8, 4) is 11.5 Å². The summed E-state index contributed by atoms with van der Waals surface area (Å²) in [6.45, 7) is 1.18. The van der Waals surface area contributed by atoms with Crippen LogP contribution in [0.1, 0.15) is 16.8 Å². The molecule has 1 heterocycles. The van der Waals surface area contributed by atoms with Crippen LogP contribution in [0.25, 0.3) is 0 Å². The largest absolute Gasteiger partial charge is 0.507 e. The fourth-order valence-electron chi connectivity index (χ4n) is 2.34. The quantitative estimate of drug-likeness (QED) is 0.857. The van der Waals surface area contributed by atoms with Crippen molar-refractivity contribution < 1.29 is 14.6 Å². The molecule has 3 rings (SSSR count). The molecule has 1 N–H and O–H groups in total. The Bertz CT molecular complexity index is 687. The van der Waals surface area contributed by atoms with Crippen molar-refractivity contribution in [2.24, 2.45) is 0 Å². The molecule has 108 valence electrons. The first kappa shape index (κ1) is 13.9. The number of aromatic hydroxyl groups is 1. The number of halogens is 1. The number of fused-ring (bicyclic) bond motifs is 1. The van der Waals surface area contributed by atoms with Gasteiger partial charge in [-0.15, -0.1) is 0 Å². The highest BCUT2D eigenvalue weighted by molar-refractivity contribution is 9.10. The number of phenols is 1. The molecule has 0 fully saturated rings. The van der Waals surface area contributed by atoms with E-state index in [9.17, 15) is 9.90 Å². The Morgan fingerprint density at radius 2 is 2.05 bits per heavy atom. The highest BCUT2D eigenvalue weighted by Crippen LogP contribution is 2.32. The topological polar surface area (TPSA) is 49.8 Å². The molecule has 0 aliphatic carbocycles. The number of ether oxygens (including phenoxy) is 1. The highest BCUT2D eigenvalue weighted by atomic mass is 79.9. The van der Waals surface area contributed by atoms with E-state index in [-0.39, 0.29) is 11.7 Å². The maximum atomic E-state index is 12.7. The molecular weight excluding hydrogens is 334 g/mol. The van der Waals surface area contributed by atoms with Gasteiger partial charge in [-0.1, -0.05) is 12.1 Å². The fraction of sp³-hybridized carbons (Fsp3) is 0.188. The van der Waals surface area contributed by atoms with Crippen LogP contribution in [0.3, 0.4) is 0 Å². The molecule has 0 spiro atoms. The maximum absolute atomic E-state index is 12.7. The minimum absolute atomic E-state index is 0.0557. The van der Waals surface area contributed by atoms with Crippen LogP contribution in [-0.2, 0) is 0 Å². The molecule has 0 saturated heterocycles. The predicted octanol–water partition coefficient (Wildman–Crippen LogP) is 3.58. The molecular formula is C16H14BrNO3. The summed E-state index contributed by atoms with van der Waals surface area (Å²) in [5, 5.41) is 9.76. The Hall–Kier alpha value is -2.01. The van der Waals surface area contributed by atoms with Gasteiger partial charge in [0.25, 0.3) is 5.91 Å². The van der Waals surface area contributed by atoms with Crippen molar-refractivity contribution in [2.45, 2.75) is 6.42 Å². The average Bonchev–Trinajstić information content (AvgIpc) is 2.71. The van der Waals surface area contributed by atoms with Gasteiger partial charge in [0.15, 0.2) is 0 Å². The predicted molar refractivity (Wildman–Crippen MR) is 84.0 cm³/mol. The van der Waals surface area contributed by atoms with Crippen LogP contribution in [0.15, 0.2) is 46.9 Å². The molecule has 2 aromatic carbocycles. The smallest absolute Gasteiger partial charge is 0.258 e. The second-order valence-corrected chi connectivity index (χ2v) is 5.65. The highest BCUT2D eigenvalue weighted by Gasteiger charge is 2.23. The minimum atomic E-state index is -0.143. The normalized spacial score (nSPS) is 14.0. The van der Waals surface area contributed by atoms with Crippen LogP contribution >= 0.6 is 15.9 Å². The number of hydrogen-bond donors (Lipinski definition) is 1. The van der Waals surface area contributed by atoms with Crippen LogP contribution in [0.2, 0.25) is 0 Å². The van der Waals surface area contributed by atoms with E-state index in [1.165, 1.54) is 6.07 Å². The van der Waals surface area contributed by atoms with Gasteiger partial charge in [-0.05, 0) is 52.7 Å². The molecule has 0 atom stereocenters. The first-order valence-corrected chi connectivity index (χ1v) is 7.48. The van der Waals surface area contributed by atoms with Crippen molar-refractivity contribution in [3.05, 3.63) is 52.5 Å². The average molecular weight is 348 g/mol. The molecule has 4 nitrogen and oxygen atoms in total. The van der Waals surface area contributed by atoms with E-state index in [0.29, 0.717) is 28.9 Å². The molecule has 0 saturated carbocycles. The summed E-state index contributed by atoms with van der Waals surface area (Å²) in [5.74, 6) is 0.626. The van der Waals surface area contributed by atoms with Gasteiger partial charge >= 0.3 is 0 Å². The third-order valence-corrected chi connectivity index (χ3v) is 4.05. The number of rotatable bonds is 1. The minimum Gasteiger partial charge on any atom is -0.507 e. The number of carbonyl (C=O) groups is 1. The Kier molecular flexibility index (Phi) is 3.84. The third kappa shape index (κ3) is 2.74. The molecule has 2 aromatic rings. The first-order valence-electron chi connectivity index (χ1n) is 6.69. The maximum Gasteiger partial charge on any atom is 0.258 e. The van der Waals surface area contributed by atoms with E-state index in [4.69, 9.17) is 4.74 Å². The summed E-state index contributed by atoms with van der Waals surface area (Å²) in [7, 11) is 0. The van der Waals surface area contributed by atoms with Gasteiger partial charge in [0.05, 0.1) is 16.8 Å². The SMILES string of the molecule is O=C(c1ccc(Br)c(O)c1)N1CCCOc2ccccc21. The first-order chi connectivity index (χ1) is 10.2. The van der Waals surface area contributed by atoms with Crippen LogP contribution in [0.4, 0.5) is 5.69 Å². The number of carbonyl (C=O) groups excluding carboxylic acids is 1. The number of amides is 1. The number of para-hydroxylation sites is 2. The summed E-state index contributed by atoms with van der Waals surface area (Å²) in [4.78, 5) is 14.4. The van der Waals surface area contributed by atoms with Crippen LogP contribution in [-0.4, -0.2) is 24.2 Å². The van der Waals surface area contributed by atoms with Crippen LogP contribution < -0.4 is 9.64 Å². The zero-order chi connectivity index (χ0) is 14.8. The van der Waals surface area contributed by atoms with Gasteiger partial charge in [0.1, 0.15) is 11.5 Å². The molecule has 5 heteroatoms. The van der Waals surface area contributed by atoms with Crippen molar-refractivity contribution in [1.82, 2.24) is 0 Å². The second-order valence-electron chi connectivity index (χ2n) is 4.79. The summed E-state index contributed by atoms with van der Waals surface area (Å²) in [5.41, 5.74) is 1.22. The van der Waals surface area contributed by atoms with Crippen LogP contribution in [0.5, 0.6) is 11.5 Å². The molecule has 0 unspecified atom stereocenters. The van der Waals surface area contributed by atoms with Crippen LogP contribution in [0, 0.1) is 0 Å². The third-order valence-electron chi connectivity index (χ3n) is 3.38. The monoisotopic (exact) mass is 347 g/mol. The summed E-state index contributed by atoms with van der Waals surface area (Å²) in [6, 6.07) is 12.3. The second kappa shape index (κ2) is 5.77. The van der Waals surface area contributed by atoms with E-state index >= 15 is 0 Å². The summed E-state index contributed by atoms with van der Waals surface area (Å²) in [6.07, 6.45) is 0.767. The van der Waals surface area contributed by atoms with Gasteiger partial charge in [-0.2, -0.15) is 0 Å². The van der Waals surface area contributed by atoms with E-state index in [1.54, 1.807) is 17.0 Å². The Morgan fingerprint density at radius 3 is 2.86 bits per heavy atom. The zero-order valence-corrected chi connectivity index (χ0v) is 12.8. The van der Waals surface area contributed by atoms with Crippen molar-refractivity contribution in [3.63, 3.8) is 0 Å².